The van der Waals surface area contributed by atoms with Crippen LogP contribution in [0.1, 0.15) is 32.2 Å². The third kappa shape index (κ3) is 2.49. The van der Waals surface area contributed by atoms with Gasteiger partial charge in [-0.15, -0.1) is 0 Å². The second-order valence-electron chi connectivity index (χ2n) is 4.87. The number of carbonyl (C=O) groups is 2. The van der Waals surface area contributed by atoms with Crippen LogP contribution >= 0.6 is 11.6 Å². The minimum Gasteiger partial charge on any atom is -0.476 e. The minimum absolute atomic E-state index is 0.129. The van der Waals surface area contributed by atoms with Crippen LogP contribution in [0, 0.1) is 5.82 Å². The summed E-state index contributed by atoms with van der Waals surface area (Å²) in [7, 11) is 0. The Morgan fingerprint density at radius 1 is 1.45 bits per heavy atom. The van der Waals surface area contributed by atoms with E-state index in [0.29, 0.717) is 11.3 Å². The normalized spacial score (nSPS) is 17.1. The quantitative estimate of drug-likeness (QED) is 0.840. The van der Waals surface area contributed by atoms with Crippen molar-refractivity contribution in [1.29, 1.82) is 0 Å². The number of hydrogen-bond acceptors (Lipinski definition) is 5. The average molecular weight is 325 g/mol. The predicted molar refractivity (Wildman–Crippen MR) is 73.5 cm³/mol. The average Bonchev–Trinajstić information content (AvgIpc) is 2.92. The van der Waals surface area contributed by atoms with Gasteiger partial charge in [0.15, 0.2) is 11.5 Å². The topological polar surface area (TPSA) is 92.4 Å². The van der Waals surface area contributed by atoms with Crippen molar-refractivity contribution in [2.75, 3.05) is 0 Å². The molecule has 6 nitrogen and oxygen atoms in total. The van der Waals surface area contributed by atoms with Crippen molar-refractivity contribution >= 4 is 23.4 Å². The number of aromatic nitrogens is 1. The van der Waals surface area contributed by atoms with Crippen LogP contribution in [0.25, 0.3) is 0 Å². The monoisotopic (exact) mass is 324 g/mol. The molecule has 8 heteroatoms. The molecule has 0 aliphatic carbocycles. The van der Waals surface area contributed by atoms with Gasteiger partial charge in [-0.25, -0.2) is 9.18 Å². The van der Waals surface area contributed by atoms with Gasteiger partial charge in [0, 0.05) is 24.1 Å². The highest BCUT2D eigenvalue weighted by molar-refractivity contribution is 6.31. The van der Waals surface area contributed by atoms with E-state index in [2.05, 4.69) is 10.5 Å². The number of rotatable bonds is 3. The third-order valence-electron chi connectivity index (χ3n) is 3.51. The van der Waals surface area contributed by atoms with Gasteiger partial charge in [-0.05, 0) is 18.2 Å². The van der Waals surface area contributed by atoms with E-state index in [0.717, 1.165) is 6.07 Å². The summed E-state index contributed by atoms with van der Waals surface area (Å²) < 4.78 is 18.1. The molecular weight excluding hydrogens is 315 g/mol. The number of Topliss-reactive ketones (excluding diaryl/α,β-unsaturated/α-hetero) is 1. The van der Waals surface area contributed by atoms with Gasteiger partial charge in [0.25, 0.3) is 0 Å². The highest BCUT2D eigenvalue weighted by atomic mass is 35.5. The van der Waals surface area contributed by atoms with E-state index in [1.165, 1.54) is 12.1 Å². The molecule has 3 rings (SSSR count). The largest absolute Gasteiger partial charge is 0.476 e. The van der Waals surface area contributed by atoms with Crippen LogP contribution in [-0.4, -0.2) is 28.1 Å². The lowest BCUT2D eigenvalue weighted by molar-refractivity contribution is 0.0684. The number of fused-ring (bicyclic) bond motifs is 1. The summed E-state index contributed by atoms with van der Waals surface area (Å²) in [6, 6.07) is 3.13. The van der Waals surface area contributed by atoms with Crippen LogP contribution in [0.5, 0.6) is 0 Å². The molecular formula is C14H10ClFN2O4. The molecule has 1 aromatic carbocycles. The van der Waals surface area contributed by atoms with Crippen LogP contribution in [-0.2, 0) is 13.0 Å². The number of benzene rings is 1. The van der Waals surface area contributed by atoms with Crippen LogP contribution in [0.3, 0.4) is 0 Å². The number of ketones is 1. The highest BCUT2D eigenvalue weighted by Gasteiger charge is 2.31. The Bertz CT molecular complexity index is 774. The molecule has 0 saturated carbocycles. The number of carbonyl (C=O) groups excluding carboxylic acids is 1. The summed E-state index contributed by atoms with van der Waals surface area (Å²) in [5.41, 5.74) is 0.553. The lowest BCUT2D eigenvalue weighted by Gasteiger charge is -2.21. The Morgan fingerprint density at radius 2 is 2.23 bits per heavy atom. The molecule has 1 unspecified atom stereocenters. The predicted octanol–water partition coefficient (Wildman–Crippen LogP) is 2.06. The fourth-order valence-electron chi connectivity index (χ4n) is 2.37. The number of nitrogens with one attached hydrogen (secondary N) is 1. The Hall–Kier alpha value is -2.25. The molecule has 0 fully saturated rings. The molecule has 0 spiro atoms. The molecule has 0 saturated heterocycles. The first-order valence-corrected chi connectivity index (χ1v) is 6.78. The van der Waals surface area contributed by atoms with Crippen molar-refractivity contribution in [2.24, 2.45) is 0 Å². The van der Waals surface area contributed by atoms with Gasteiger partial charge in [-0.1, -0.05) is 16.8 Å². The summed E-state index contributed by atoms with van der Waals surface area (Å²) in [6.45, 7) is 0.159. The Balaban J connectivity index is 1.83. The molecule has 1 aliphatic rings. The maximum atomic E-state index is 13.1. The lowest BCUT2D eigenvalue weighted by atomic mass is 9.95. The number of aromatic carboxylic acids is 1. The van der Waals surface area contributed by atoms with Crippen molar-refractivity contribution in [2.45, 2.75) is 19.0 Å². The van der Waals surface area contributed by atoms with E-state index in [4.69, 9.17) is 21.2 Å². The first-order chi connectivity index (χ1) is 10.5. The van der Waals surface area contributed by atoms with Crippen molar-refractivity contribution in [3.05, 3.63) is 51.6 Å². The van der Waals surface area contributed by atoms with Crippen molar-refractivity contribution < 1.29 is 23.6 Å². The maximum Gasteiger partial charge on any atom is 0.358 e. The molecule has 0 amide bonds. The lowest BCUT2D eigenvalue weighted by Crippen LogP contribution is -2.41. The maximum absolute atomic E-state index is 13.1. The number of carboxylic acid groups (broad SMARTS) is 1. The molecule has 0 radical (unpaired) electrons. The minimum atomic E-state index is -1.18. The van der Waals surface area contributed by atoms with Crippen molar-refractivity contribution in [3.8, 4) is 0 Å². The number of nitrogens with zero attached hydrogens (tertiary/aromatic N) is 1. The Labute approximate surface area is 128 Å². The van der Waals surface area contributed by atoms with Gasteiger partial charge in [0.2, 0.25) is 0 Å². The first-order valence-electron chi connectivity index (χ1n) is 6.40. The van der Waals surface area contributed by atoms with E-state index < -0.39 is 17.8 Å². The van der Waals surface area contributed by atoms with Crippen LogP contribution in [0.2, 0.25) is 5.02 Å². The zero-order valence-electron chi connectivity index (χ0n) is 11.1. The van der Waals surface area contributed by atoms with Gasteiger partial charge in [0.1, 0.15) is 11.6 Å². The molecule has 114 valence electrons. The standard InChI is InChI=1S/C14H10ClFN2O4/c15-8-3-6(1-2-9(8)16)13(19)10-4-11-7(5-17-10)12(14(20)21)18-22-11/h1-3,10,17H,4-5H2,(H,20,21). The van der Waals surface area contributed by atoms with Crippen LogP contribution < -0.4 is 5.32 Å². The molecule has 1 atom stereocenters. The van der Waals surface area contributed by atoms with E-state index in [1.54, 1.807) is 0 Å². The fraction of sp³-hybridized carbons (Fsp3) is 0.214. The van der Waals surface area contributed by atoms with Crippen LogP contribution in [0.15, 0.2) is 22.7 Å². The molecule has 2 N–H and O–H groups in total. The Kier molecular flexibility index (Phi) is 3.67. The zero-order chi connectivity index (χ0) is 15.9. The van der Waals surface area contributed by atoms with E-state index >= 15 is 0 Å². The van der Waals surface area contributed by atoms with Crippen molar-refractivity contribution in [1.82, 2.24) is 10.5 Å². The van der Waals surface area contributed by atoms with Crippen molar-refractivity contribution in [3.63, 3.8) is 0 Å². The molecule has 22 heavy (non-hydrogen) atoms. The van der Waals surface area contributed by atoms with E-state index in [9.17, 15) is 14.0 Å². The summed E-state index contributed by atoms with van der Waals surface area (Å²) in [5.74, 6) is -1.69. The summed E-state index contributed by atoms with van der Waals surface area (Å²) in [4.78, 5) is 23.4. The number of halogens is 2. The van der Waals surface area contributed by atoms with Crippen LogP contribution in [0.4, 0.5) is 4.39 Å². The Morgan fingerprint density at radius 3 is 2.91 bits per heavy atom. The summed E-state index contributed by atoms with van der Waals surface area (Å²) in [6.07, 6.45) is 0.170. The van der Waals surface area contributed by atoms with E-state index in [-0.39, 0.29) is 35.0 Å². The highest BCUT2D eigenvalue weighted by Crippen LogP contribution is 2.23. The summed E-state index contributed by atoms with van der Waals surface area (Å²) in [5, 5.41) is 15.3. The zero-order valence-corrected chi connectivity index (χ0v) is 11.9. The molecule has 2 heterocycles. The van der Waals surface area contributed by atoms with Gasteiger partial charge >= 0.3 is 5.97 Å². The second-order valence-corrected chi connectivity index (χ2v) is 5.28. The molecule has 1 aromatic heterocycles. The second kappa shape index (κ2) is 5.51. The van der Waals surface area contributed by atoms with Gasteiger partial charge in [0.05, 0.1) is 11.1 Å². The third-order valence-corrected chi connectivity index (χ3v) is 3.80. The summed E-state index contributed by atoms with van der Waals surface area (Å²) >= 11 is 5.67. The van der Waals surface area contributed by atoms with Gasteiger partial charge < -0.3 is 14.9 Å². The molecule has 2 aromatic rings. The SMILES string of the molecule is O=C(O)c1noc2c1CNC(C(=O)c1ccc(F)c(Cl)c1)C2. The molecule has 0 bridgehead atoms. The molecule has 1 aliphatic heterocycles. The fourth-order valence-corrected chi connectivity index (χ4v) is 2.55. The van der Waals surface area contributed by atoms with Gasteiger partial charge in [-0.2, -0.15) is 0 Å². The van der Waals surface area contributed by atoms with E-state index in [1.807, 2.05) is 0 Å². The van der Waals surface area contributed by atoms with Gasteiger partial charge in [-0.3, -0.25) is 4.79 Å². The number of hydrogen-bond donors (Lipinski definition) is 2. The number of carboxylic acids is 1. The first kappa shape index (κ1) is 14.7. The smallest absolute Gasteiger partial charge is 0.358 e.